The summed E-state index contributed by atoms with van der Waals surface area (Å²) in [6.07, 6.45) is 0.548. The Labute approximate surface area is 127 Å². The van der Waals surface area contributed by atoms with E-state index < -0.39 is 17.6 Å². The lowest BCUT2D eigenvalue weighted by molar-refractivity contribution is -0.136. The van der Waals surface area contributed by atoms with E-state index in [4.69, 9.17) is 16.3 Å². The molecule has 2 amide bonds. The molecule has 1 aromatic rings. The first-order valence-electron chi connectivity index (χ1n) is 6.66. The van der Waals surface area contributed by atoms with E-state index in [1.807, 2.05) is 6.92 Å². The SMILES string of the molecule is CCOCCCN1C(=O)C(Cl)=C(c2ccc(F)cc2)C1=O. The first-order chi connectivity index (χ1) is 10.1. The monoisotopic (exact) mass is 311 g/mol. The Kier molecular flexibility index (Phi) is 5.09. The van der Waals surface area contributed by atoms with Crippen LogP contribution in [-0.4, -0.2) is 36.5 Å². The van der Waals surface area contributed by atoms with E-state index in [-0.39, 0.29) is 17.2 Å². The molecule has 21 heavy (non-hydrogen) atoms. The first-order valence-corrected chi connectivity index (χ1v) is 7.03. The number of imide groups is 1. The molecule has 1 aromatic carbocycles. The molecular formula is C15H15ClFNO3. The maximum absolute atomic E-state index is 12.9. The van der Waals surface area contributed by atoms with E-state index in [2.05, 4.69) is 0 Å². The molecule has 0 saturated heterocycles. The van der Waals surface area contributed by atoms with E-state index in [0.29, 0.717) is 25.2 Å². The third-order valence-corrected chi connectivity index (χ3v) is 3.47. The molecule has 6 heteroatoms. The lowest BCUT2D eigenvalue weighted by Gasteiger charge is -2.14. The molecule has 0 aliphatic carbocycles. The summed E-state index contributed by atoms with van der Waals surface area (Å²) in [6.45, 7) is 3.18. The van der Waals surface area contributed by atoms with E-state index >= 15 is 0 Å². The van der Waals surface area contributed by atoms with Gasteiger partial charge in [-0.15, -0.1) is 0 Å². The van der Waals surface area contributed by atoms with Crippen LogP contribution in [0.2, 0.25) is 0 Å². The molecule has 0 fully saturated rings. The standard InChI is InChI=1S/C15H15ClFNO3/c1-2-21-9-3-8-18-14(19)12(13(16)15(18)20)10-4-6-11(17)7-5-10/h4-7H,2-3,8-9H2,1H3. The summed E-state index contributed by atoms with van der Waals surface area (Å²) in [5.41, 5.74) is 0.560. The van der Waals surface area contributed by atoms with Gasteiger partial charge in [0.15, 0.2) is 0 Å². The predicted molar refractivity (Wildman–Crippen MR) is 77.0 cm³/mol. The van der Waals surface area contributed by atoms with Gasteiger partial charge in [-0.3, -0.25) is 14.5 Å². The van der Waals surface area contributed by atoms with Crippen LogP contribution in [0.4, 0.5) is 4.39 Å². The highest BCUT2D eigenvalue weighted by Gasteiger charge is 2.37. The van der Waals surface area contributed by atoms with Gasteiger partial charge in [0.1, 0.15) is 10.8 Å². The third kappa shape index (κ3) is 3.31. The van der Waals surface area contributed by atoms with Crippen molar-refractivity contribution in [3.63, 3.8) is 0 Å². The minimum Gasteiger partial charge on any atom is -0.382 e. The van der Waals surface area contributed by atoms with Crippen LogP contribution in [-0.2, 0) is 14.3 Å². The van der Waals surface area contributed by atoms with Gasteiger partial charge in [0.2, 0.25) is 0 Å². The highest BCUT2D eigenvalue weighted by molar-refractivity contribution is 6.55. The number of hydrogen-bond acceptors (Lipinski definition) is 3. The lowest BCUT2D eigenvalue weighted by Crippen LogP contribution is -2.32. The van der Waals surface area contributed by atoms with Crippen molar-refractivity contribution in [2.75, 3.05) is 19.8 Å². The maximum Gasteiger partial charge on any atom is 0.273 e. The Bertz CT molecular complexity index is 583. The molecule has 1 heterocycles. The normalized spacial score (nSPS) is 15.3. The molecule has 0 bridgehead atoms. The van der Waals surface area contributed by atoms with Gasteiger partial charge in [0, 0.05) is 19.8 Å². The number of hydrogen-bond donors (Lipinski definition) is 0. The van der Waals surface area contributed by atoms with E-state index in [1.165, 1.54) is 24.3 Å². The summed E-state index contributed by atoms with van der Waals surface area (Å²) in [5, 5.41) is -0.122. The van der Waals surface area contributed by atoms with Crippen LogP contribution >= 0.6 is 11.6 Å². The fraction of sp³-hybridized carbons (Fsp3) is 0.333. The molecule has 0 unspecified atom stereocenters. The molecule has 1 aliphatic rings. The predicted octanol–water partition coefficient (Wildman–Crippen LogP) is 2.57. The van der Waals surface area contributed by atoms with Gasteiger partial charge in [-0.05, 0) is 31.0 Å². The molecule has 0 spiro atoms. The van der Waals surface area contributed by atoms with Crippen LogP contribution in [0.3, 0.4) is 0 Å². The zero-order valence-corrected chi connectivity index (χ0v) is 12.3. The molecule has 4 nitrogen and oxygen atoms in total. The quantitative estimate of drug-likeness (QED) is 0.599. The summed E-state index contributed by atoms with van der Waals surface area (Å²) >= 11 is 5.98. The van der Waals surface area contributed by atoms with E-state index in [0.717, 1.165) is 4.90 Å². The number of benzene rings is 1. The molecule has 112 valence electrons. The van der Waals surface area contributed by atoms with Crippen molar-refractivity contribution in [2.24, 2.45) is 0 Å². The zero-order valence-electron chi connectivity index (χ0n) is 11.6. The smallest absolute Gasteiger partial charge is 0.273 e. The van der Waals surface area contributed by atoms with Crippen molar-refractivity contribution in [3.05, 3.63) is 40.7 Å². The number of rotatable bonds is 6. The minimum absolute atomic E-state index is 0.122. The molecule has 0 aromatic heterocycles. The molecule has 0 atom stereocenters. The average molecular weight is 312 g/mol. The van der Waals surface area contributed by atoms with Crippen molar-refractivity contribution in [1.82, 2.24) is 4.90 Å². The van der Waals surface area contributed by atoms with Gasteiger partial charge >= 0.3 is 0 Å². The Morgan fingerprint density at radius 2 is 1.86 bits per heavy atom. The van der Waals surface area contributed by atoms with Crippen LogP contribution in [0.1, 0.15) is 18.9 Å². The van der Waals surface area contributed by atoms with Gasteiger partial charge in [0.25, 0.3) is 11.8 Å². The molecular weight excluding hydrogens is 297 g/mol. The summed E-state index contributed by atoms with van der Waals surface area (Å²) in [4.78, 5) is 25.4. The number of carbonyl (C=O) groups excluding carboxylic acids is 2. The Hall–Kier alpha value is -1.72. The largest absolute Gasteiger partial charge is 0.382 e. The molecule has 1 aliphatic heterocycles. The second-order valence-electron chi connectivity index (χ2n) is 4.51. The first kappa shape index (κ1) is 15.7. The second kappa shape index (κ2) is 6.83. The highest BCUT2D eigenvalue weighted by Crippen LogP contribution is 2.31. The number of amides is 2. The number of carbonyl (C=O) groups is 2. The van der Waals surface area contributed by atoms with Gasteiger partial charge in [-0.25, -0.2) is 4.39 Å². The molecule has 0 radical (unpaired) electrons. The summed E-state index contributed by atoms with van der Waals surface area (Å²) in [7, 11) is 0. The van der Waals surface area contributed by atoms with Crippen LogP contribution in [0, 0.1) is 5.82 Å². The second-order valence-corrected chi connectivity index (χ2v) is 4.89. The minimum atomic E-state index is -0.516. The zero-order chi connectivity index (χ0) is 15.4. The van der Waals surface area contributed by atoms with Gasteiger partial charge in [0.05, 0.1) is 5.57 Å². The number of ether oxygens (including phenoxy) is 1. The maximum atomic E-state index is 12.9. The summed E-state index contributed by atoms with van der Waals surface area (Å²) in [6, 6.07) is 5.31. The van der Waals surface area contributed by atoms with Crippen molar-refractivity contribution in [2.45, 2.75) is 13.3 Å². The molecule has 0 saturated carbocycles. The summed E-state index contributed by atoms with van der Waals surface area (Å²) < 4.78 is 18.1. The van der Waals surface area contributed by atoms with E-state index in [1.54, 1.807) is 0 Å². The van der Waals surface area contributed by atoms with Gasteiger partial charge in [-0.1, -0.05) is 23.7 Å². The summed E-state index contributed by atoms with van der Waals surface area (Å²) in [5.74, 6) is -1.38. The van der Waals surface area contributed by atoms with Crippen LogP contribution in [0.25, 0.3) is 5.57 Å². The highest BCUT2D eigenvalue weighted by atomic mass is 35.5. The average Bonchev–Trinajstić information content (AvgIpc) is 2.68. The topological polar surface area (TPSA) is 46.6 Å². The van der Waals surface area contributed by atoms with Gasteiger partial charge < -0.3 is 4.74 Å². The third-order valence-electron chi connectivity index (χ3n) is 3.12. The Balaban J connectivity index is 2.14. The number of nitrogens with zero attached hydrogens (tertiary/aromatic N) is 1. The van der Waals surface area contributed by atoms with E-state index in [9.17, 15) is 14.0 Å². The fourth-order valence-electron chi connectivity index (χ4n) is 2.09. The van der Waals surface area contributed by atoms with Crippen molar-refractivity contribution >= 4 is 29.0 Å². The van der Waals surface area contributed by atoms with Crippen molar-refractivity contribution in [1.29, 1.82) is 0 Å². The molecule has 0 N–H and O–H groups in total. The molecule has 2 rings (SSSR count). The van der Waals surface area contributed by atoms with Crippen molar-refractivity contribution in [3.8, 4) is 0 Å². The lowest BCUT2D eigenvalue weighted by atomic mass is 10.1. The van der Waals surface area contributed by atoms with Crippen molar-refractivity contribution < 1.29 is 18.7 Å². The van der Waals surface area contributed by atoms with Crippen LogP contribution in [0.15, 0.2) is 29.3 Å². The Morgan fingerprint density at radius 1 is 1.19 bits per heavy atom. The van der Waals surface area contributed by atoms with Gasteiger partial charge in [-0.2, -0.15) is 0 Å². The number of halogens is 2. The van der Waals surface area contributed by atoms with Crippen LogP contribution < -0.4 is 0 Å². The fourth-order valence-corrected chi connectivity index (χ4v) is 2.38. The van der Waals surface area contributed by atoms with Crippen LogP contribution in [0.5, 0.6) is 0 Å². The Morgan fingerprint density at radius 3 is 2.48 bits per heavy atom.